The number of aromatic hydroxyl groups is 2. The molecule has 2 aromatic carbocycles. The summed E-state index contributed by atoms with van der Waals surface area (Å²) in [5.74, 6) is 1.12. The largest absolute Gasteiger partial charge is 0.507 e. The Kier molecular flexibility index (Phi) is 4.72. The molecular weight excluding hydrogens is 268 g/mol. The van der Waals surface area contributed by atoms with E-state index in [2.05, 4.69) is 0 Å². The number of benzene rings is 2. The van der Waals surface area contributed by atoms with Crippen LogP contribution in [0.15, 0.2) is 42.5 Å². The number of rotatable bonds is 5. The van der Waals surface area contributed by atoms with Gasteiger partial charge in [0.1, 0.15) is 5.75 Å². The van der Waals surface area contributed by atoms with Crippen LogP contribution in [-0.2, 0) is 6.42 Å². The summed E-state index contributed by atoms with van der Waals surface area (Å²) in [5.41, 5.74) is 1.64. The lowest BCUT2D eigenvalue weighted by Gasteiger charge is -2.12. The molecule has 2 N–H and O–H groups in total. The van der Waals surface area contributed by atoms with E-state index in [1.807, 2.05) is 24.3 Å². The molecular formula is C17H18O4. The van der Waals surface area contributed by atoms with E-state index in [0.29, 0.717) is 17.9 Å². The summed E-state index contributed by atoms with van der Waals surface area (Å²) in [7, 11) is 3.02. The van der Waals surface area contributed by atoms with E-state index in [-0.39, 0.29) is 11.5 Å². The van der Waals surface area contributed by atoms with Crippen LogP contribution in [0.25, 0.3) is 6.08 Å². The second kappa shape index (κ2) is 6.70. The number of phenolic OH excluding ortho intramolecular Hbond substituents is 2. The normalized spacial score (nSPS) is 10.8. The van der Waals surface area contributed by atoms with Crippen LogP contribution in [0.1, 0.15) is 11.1 Å². The average molecular weight is 286 g/mol. The minimum atomic E-state index is 0.0442. The molecule has 0 spiro atoms. The van der Waals surface area contributed by atoms with Crippen LogP contribution in [0.2, 0.25) is 0 Å². The molecule has 110 valence electrons. The average Bonchev–Trinajstić information content (AvgIpc) is 2.50. The van der Waals surface area contributed by atoms with E-state index in [0.717, 1.165) is 11.1 Å². The number of hydrogen-bond acceptors (Lipinski definition) is 4. The van der Waals surface area contributed by atoms with Crippen LogP contribution in [-0.4, -0.2) is 24.4 Å². The summed E-state index contributed by atoms with van der Waals surface area (Å²) in [6.45, 7) is 0. The molecule has 0 atom stereocenters. The lowest BCUT2D eigenvalue weighted by molar-refractivity contribution is 0.331. The highest BCUT2D eigenvalue weighted by molar-refractivity contribution is 5.59. The Hall–Kier alpha value is -2.62. The smallest absolute Gasteiger partial charge is 0.203 e. The summed E-state index contributed by atoms with van der Waals surface area (Å²) < 4.78 is 10.5. The molecule has 0 aliphatic rings. The van der Waals surface area contributed by atoms with Crippen molar-refractivity contribution in [1.29, 1.82) is 0 Å². The highest BCUT2D eigenvalue weighted by Gasteiger charge is 2.13. The van der Waals surface area contributed by atoms with Crippen LogP contribution in [0.3, 0.4) is 0 Å². The van der Waals surface area contributed by atoms with E-state index >= 15 is 0 Å². The van der Waals surface area contributed by atoms with Crippen LogP contribution in [0.5, 0.6) is 23.0 Å². The monoisotopic (exact) mass is 286 g/mol. The second-order valence-electron chi connectivity index (χ2n) is 4.48. The molecule has 0 amide bonds. The molecule has 2 aromatic rings. The number of para-hydroxylation sites is 1. The van der Waals surface area contributed by atoms with Crippen LogP contribution in [0, 0.1) is 0 Å². The topological polar surface area (TPSA) is 58.9 Å². The van der Waals surface area contributed by atoms with Crippen LogP contribution < -0.4 is 9.47 Å². The number of hydrogen-bond donors (Lipinski definition) is 2. The van der Waals surface area contributed by atoms with Crippen LogP contribution in [0.4, 0.5) is 0 Å². The van der Waals surface area contributed by atoms with Gasteiger partial charge in [0.2, 0.25) is 5.75 Å². The van der Waals surface area contributed by atoms with E-state index < -0.39 is 0 Å². The number of phenols is 2. The van der Waals surface area contributed by atoms with Gasteiger partial charge in [-0.05, 0) is 18.6 Å². The first-order chi connectivity index (χ1) is 10.2. The zero-order valence-corrected chi connectivity index (χ0v) is 12.0. The molecule has 0 radical (unpaired) electrons. The summed E-state index contributed by atoms with van der Waals surface area (Å²) in [5, 5.41) is 19.4. The fourth-order valence-corrected chi connectivity index (χ4v) is 2.12. The maximum atomic E-state index is 9.73. The van der Waals surface area contributed by atoms with Gasteiger partial charge in [-0.2, -0.15) is 0 Å². The van der Waals surface area contributed by atoms with Crippen molar-refractivity contribution in [3.63, 3.8) is 0 Å². The van der Waals surface area contributed by atoms with Gasteiger partial charge < -0.3 is 19.7 Å². The third kappa shape index (κ3) is 3.28. The van der Waals surface area contributed by atoms with Crippen molar-refractivity contribution in [3.8, 4) is 23.0 Å². The molecule has 0 aliphatic carbocycles. The summed E-state index contributed by atoms with van der Waals surface area (Å²) in [6.07, 6.45) is 4.35. The molecule has 21 heavy (non-hydrogen) atoms. The Labute approximate surface area is 123 Å². The highest BCUT2D eigenvalue weighted by atomic mass is 16.5. The Morgan fingerprint density at radius 2 is 1.62 bits per heavy atom. The Morgan fingerprint density at radius 3 is 2.29 bits per heavy atom. The maximum absolute atomic E-state index is 9.73. The molecule has 0 fully saturated rings. The minimum Gasteiger partial charge on any atom is -0.507 e. The summed E-state index contributed by atoms with van der Waals surface area (Å²) >= 11 is 0. The van der Waals surface area contributed by atoms with Gasteiger partial charge in [-0.25, -0.2) is 0 Å². The van der Waals surface area contributed by atoms with Crippen molar-refractivity contribution < 1.29 is 19.7 Å². The van der Waals surface area contributed by atoms with Gasteiger partial charge in [0.15, 0.2) is 11.5 Å². The van der Waals surface area contributed by atoms with E-state index in [4.69, 9.17) is 9.47 Å². The quantitative estimate of drug-likeness (QED) is 0.884. The maximum Gasteiger partial charge on any atom is 0.203 e. The molecule has 0 unspecified atom stereocenters. The fourth-order valence-electron chi connectivity index (χ4n) is 2.12. The molecule has 4 heteroatoms. The van der Waals surface area contributed by atoms with Crippen molar-refractivity contribution in [2.45, 2.75) is 6.42 Å². The van der Waals surface area contributed by atoms with Crippen molar-refractivity contribution >= 4 is 6.08 Å². The number of methoxy groups -OCH3 is 2. The SMILES string of the molecule is COc1c(O)ccc(C/C=C/c2ccccc2O)c1OC. The lowest BCUT2D eigenvalue weighted by atomic mass is 10.1. The van der Waals surface area contributed by atoms with Crippen molar-refractivity contribution in [3.05, 3.63) is 53.6 Å². The molecule has 0 bridgehead atoms. The number of ether oxygens (including phenoxy) is 2. The van der Waals surface area contributed by atoms with Crippen molar-refractivity contribution in [2.24, 2.45) is 0 Å². The van der Waals surface area contributed by atoms with E-state index in [9.17, 15) is 10.2 Å². The van der Waals surface area contributed by atoms with Gasteiger partial charge in [-0.1, -0.05) is 36.4 Å². The van der Waals surface area contributed by atoms with Gasteiger partial charge in [-0.3, -0.25) is 0 Å². The predicted octanol–water partition coefficient (Wildman–Crippen LogP) is 3.37. The predicted molar refractivity (Wildman–Crippen MR) is 82.1 cm³/mol. The van der Waals surface area contributed by atoms with Gasteiger partial charge in [0.05, 0.1) is 14.2 Å². The zero-order chi connectivity index (χ0) is 15.2. The second-order valence-corrected chi connectivity index (χ2v) is 4.48. The molecule has 0 saturated carbocycles. The first-order valence-electron chi connectivity index (χ1n) is 6.54. The van der Waals surface area contributed by atoms with E-state index in [1.165, 1.54) is 14.2 Å². The third-order valence-electron chi connectivity index (χ3n) is 3.15. The zero-order valence-electron chi connectivity index (χ0n) is 12.0. The summed E-state index contributed by atoms with van der Waals surface area (Å²) in [4.78, 5) is 0. The summed E-state index contributed by atoms with van der Waals surface area (Å²) in [6, 6.07) is 10.5. The molecule has 0 saturated heterocycles. The fraction of sp³-hybridized carbons (Fsp3) is 0.176. The minimum absolute atomic E-state index is 0.0442. The molecule has 0 heterocycles. The molecule has 0 aliphatic heterocycles. The van der Waals surface area contributed by atoms with Crippen molar-refractivity contribution in [1.82, 2.24) is 0 Å². The Morgan fingerprint density at radius 1 is 0.905 bits per heavy atom. The van der Waals surface area contributed by atoms with E-state index in [1.54, 1.807) is 24.3 Å². The molecule has 4 nitrogen and oxygen atoms in total. The van der Waals surface area contributed by atoms with Gasteiger partial charge >= 0.3 is 0 Å². The van der Waals surface area contributed by atoms with Gasteiger partial charge in [0.25, 0.3) is 0 Å². The van der Waals surface area contributed by atoms with Gasteiger partial charge in [-0.15, -0.1) is 0 Å². The standard InChI is InChI=1S/C17H18O4/c1-20-16-13(10-11-15(19)17(16)21-2)8-5-7-12-6-3-4-9-14(12)18/h3-7,9-11,18-19H,8H2,1-2H3/b7-5+. The first-order valence-corrected chi connectivity index (χ1v) is 6.54. The molecule has 0 aromatic heterocycles. The van der Waals surface area contributed by atoms with Gasteiger partial charge in [0, 0.05) is 11.1 Å². The lowest BCUT2D eigenvalue weighted by Crippen LogP contribution is -1.95. The first kappa shape index (κ1) is 14.8. The third-order valence-corrected chi connectivity index (χ3v) is 3.15. The Bertz CT molecular complexity index is 647. The van der Waals surface area contributed by atoms with Crippen LogP contribution >= 0.6 is 0 Å². The number of allylic oxidation sites excluding steroid dienone is 1. The molecule has 2 rings (SSSR count). The van der Waals surface area contributed by atoms with Crippen molar-refractivity contribution in [2.75, 3.05) is 14.2 Å². The highest BCUT2D eigenvalue weighted by Crippen LogP contribution is 2.39. The Balaban J connectivity index is 2.23.